The lowest BCUT2D eigenvalue weighted by Crippen LogP contribution is -2.57. The van der Waals surface area contributed by atoms with Gasteiger partial charge in [-0.1, -0.05) is 30.3 Å². The van der Waals surface area contributed by atoms with Crippen molar-refractivity contribution in [1.29, 1.82) is 0 Å². The summed E-state index contributed by atoms with van der Waals surface area (Å²) in [6.07, 6.45) is -5.30. The van der Waals surface area contributed by atoms with Crippen molar-refractivity contribution in [3.8, 4) is 0 Å². The first-order valence-electron chi connectivity index (χ1n) is 9.69. The molecule has 3 unspecified atom stereocenters. The predicted molar refractivity (Wildman–Crippen MR) is 100 cm³/mol. The van der Waals surface area contributed by atoms with Crippen molar-refractivity contribution in [2.75, 3.05) is 0 Å². The summed E-state index contributed by atoms with van der Waals surface area (Å²) in [6, 6.07) is 11.4. The monoisotopic (exact) mass is 436 g/mol. The summed E-state index contributed by atoms with van der Waals surface area (Å²) in [5.74, 6) is -11.0. The zero-order chi connectivity index (χ0) is 22.4. The smallest absolute Gasteiger partial charge is 0.454 e. The summed E-state index contributed by atoms with van der Waals surface area (Å²) in [5.41, 5.74) is -0.217. The molecule has 4 rings (SSSR count). The van der Waals surface area contributed by atoms with E-state index in [0.29, 0.717) is 0 Å². The molecule has 2 aromatic carbocycles. The Bertz CT molecular complexity index is 1040. The topological polar surface area (TPSA) is 43.4 Å². The van der Waals surface area contributed by atoms with Gasteiger partial charge in [0.1, 0.15) is 17.5 Å². The van der Waals surface area contributed by atoms with Gasteiger partial charge in [0.2, 0.25) is 0 Å². The SMILES string of the molecule is O=C1CCCC2=C1C(c1ccccc1)C(C(=O)c1ccc(F)cc1)C(F)(C(F)(F)F)O2. The molecule has 0 amide bonds. The summed E-state index contributed by atoms with van der Waals surface area (Å²) < 4.78 is 76.0. The minimum atomic E-state index is -5.56. The molecule has 2 aromatic rings. The largest absolute Gasteiger partial charge is 0.461 e. The summed E-state index contributed by atoms with van der Waals surface area (Å²) in [7, 11) is 0. The van der Waals surface area contributed by atoms with E-state index >= 15 is 4.39 Å². The van der Waals surface area contributed by atoms with Gasteiger partial charge in [0.25, 0.3) is 0 Å². The first kappa shape index (κ1) is 21.2. The maximum atomic E-state index is 15.8. The molecule has 31 heavy (non-hydrogen) atoms. The van der Waals surface area contributed by atoms with E-state index in [0.717, 1.165) is 24.3 Å². The van der Waals surface area contributed by atoms with Crippen LogP contribution in [0.1, 0.15) is 41.1 Å². The highest BCUT2D eigenvalue weighted by Gasteiger charge is 2.70. The molecule has 3 atom stereocenters. The normalized spacial score (nSPS) is 26.3. The third-order valence-corrected chi connectivity index (χ3v) is 5.68. The van der Waals surface area contributed by atoms with E-state index in [2.05, 4.69) is 0 Å². The Labute approximate surface area is 174 Å². The molecule has 1 aliphatic heterocycles. The second kappa shape index (κ2) is 7.59. The van der Waals surface area contributed by atoms with Crippen LogP contribution in [0.5, 0.6) is 0 Å². The molecule has 0 N–H and O–H groups in total. The minimum absolute atomic E-state index is 0.0381. The molecule has 0 bridgehead atoms. The fourth-order valence-electron chi connectivity index (χ4n) is 4.28. The number of allylic oxidation sites excluding steroid dienone is 2. The van der Waals surface area contributed by atoms with E-state index in [1.165, 1.54) is 24.3 Å². The zero-order valence-corrected chi connectivity index (χ0v) is 16.1. The summed E-state index contributed by atoms with van der Waals surface area (Å²) >= 11 is 0. The number of carbonyl (C=O) groups excluding carboxylic acids is 2. The van der Waals surface area contributed by atoms with Crippen molar-refractivity contribution in [3.05, 3.63) is 82.9 Å². The van der Waals surface area contributed by atoms with Gasteiger partial charge in [-0.15, -0.1) is 0 Å². The fraction of sp³-hybridized carbons (Fsp3) is 0.304. The average Bonchev–Trinajstić information content (AvgIpc) is 2.73. The molecule has 3 nitrogen and oxygen atoms in total. The van der Waals surface area contributed by atoms with Crippen LogP contribution < -0.4 is 0 Å². The van der Waals surface area contributed by atoms with Crippen molar-refractivity contribution in [1.82, 2.24) is 0 Å². The molecule has 0 saturated heterocycles. The number of benzene rings is 2. The number of carbonyl (C=O) groups is 2. The number of alkyl halides is 4. The highest BCUT2D eigenvalue weighted by atomic mass is 19.4. The third kappa shape index (κ3) is 3.54. The Morgan fingerprint density at radius 2 is 1.65 bits per heavy atom. The van der Waals surface area contributed by atoms with E-state index in [4.69, 9.17) is 4.74 Å². The van der Waals surface area contributed by atoms with Gasteiger partial charge >= 0.3 is 12.0 Å². The van der Waals surface area contributed by atoms with Crippen molar-refractivity contribution >= 4 is 11.6 Å². The Balaban J connectivity index is 1.97. The van der Waals surface area contributed by atoms with Gasteiger partial charge in [0, 0.05) is 29.9 Å². The predicted octanol–water partition coefficient (Wildman–Crippen LogP) is 5.67. The molecule has 0 aromatic heterocycles. The van der Waals surface area contributed by atoms with Gasteiger partial charge in [-0.25, -0.2) is 4.39 Å². The van der Waals surface area contributed by atoms with Crippen molar-refractivity contribution in [3.63, 3.8) is 0 Å². The second-order valence-corrected chi connectivity index (χ2v) is 7.60. The maximum absolute atomic E-state index is 15.8. The standard InChI is InChI=1S/C23H17F5O3/c24-15-11-9-14(10-12-15)21(30)20-18(13-5-2-1-3-6-13)19-16(29)7-4-8-17(19)31-22(20,25)23(26,27)28/h1-3,5-6,9-12,18,20H,4,7-8H2. The second-order valence-electron chi connectivity index (χ2n) is 7.60. The van der Waals surface area contributed by atoms with Gasteiger partial charge in [-0.2, -0.15) is 17.6 Å². The molecule has 8 heteroatoms. The van der Waals surface area contributed by atoms with Gasteiger partial charge in [0.05, 0.1) is 0 Å². The molecule has 0 saturated carbocycles. The number of hydrogen-bond donors (Lipinski definition) is 0. The van der Waals surface area contributed by atoms with Crippen LogP contribution in [0.15, 0.2) is 65.9 Å². The fourth-order valence-corrected chi connectivity index (χ4v) is 4.28. The maximum Gasteiger partial charge on any atom is 0.461 e. The lowest BCUT2D eigenvalue weighted by Gasteiger charge is -2.45. The minimum Gasteiger partial charge on any atom is -0.454 e. The number of Topliss-reactive ketones (excluding diaryl/α,β-unsaturated/α-hetero) is 2. The van der Waals surface area contributed by atoms with Gasteiger partial charge in [0.15, 0.2) is 11.6 Å². The van der Waals surface area contributed by atoms with E-state index in [9.17, 15) is 27.2 Å². The van der Waals surface area contributed by atoms with Crippen LogP contribution in [0.25, 0.3) is 0 Å². The van der Waals surface area contributed by atoms with E-state index in [1.54, 1.807) is 6.07 Å². The van der Waals surface area contributed by atoms with Crippen molar-refractivity contribution < 1.29 is 36.3 Å². The number of hydrogen-bond acceptors (Lipinski definition) is 3. The van der Waals surface area contributed by atoms with Gasteiger partial charge in [-0.3, -0.25) is 9.59 Å². The Hall–Kier alpha value is -3.03. The van der Waals surface area contributed by atoms with Gasteiger partial charge < -0.3 is 4.74 Å². The molecular weight excluding hydrogens is 419 g/mol. The third-order valence-electron chi connectivity index (χ3n) is 5.68. The van der Waals surface area contributed by atoms with E-state index in [1.807, 2.05) is 0 Å². The van der Waals surface area contributed by atoms with Crippen LogP contribution in [-0.2, 0) is 9.53 Å². The van der Waals surface area contributed by atoms with E-state index in [-0.39, 0.29) is 41.7 Å². The number of ketones is 2. The highest BCUT2D eigenvalue weighted by molar-refractivity contribution is 6.04. The van der Waals surface area contributed by atoms with Crippen LogP contribution >= 0.6 is 0 Å². The highest BCUT2D eigenvalue weighted by Crippen LogP contribution is 2.56. The van der Waals surface area contributed by atoms with Crippen LogP contribution in [0.3, 0.4) is 0 Å². The molecule has 0 spiro atoms. The Morgan fingerprint density at radius 1 is 1.00 bits per heavy atom. The van der Waals surface area contributed by atoms with Crippen molar-refractivity contribution in [2.24, 2.45) is 5.92 Å². The number of rotatable bonds is 3. The summed E-state index contributed by atoms with van der Waals surface area (Å²) in [5, 5.41) is 0. The Kier molecular flexibility index (Phi) is 5.19. The average molecular weight is 436 g/mol. The number of halogens is 5. The van der Waals surface area contributed by atoms with Crippen LogP contribution in [0.2, 0.25) is 0 Å². The zero-order valence-electron chi connectivity index (χ0n) is 16.1. The summed E-state index contributed by atoms with van der Waals surface area (Å²) in [4.78, 5) is 26.0. The first-order chi connectivity index (χ1) is 14.6. The number of ether oxygens (including phenoxy) is 1. The lowest BCUT2D eigenvalue weighted by molar-refractivity contribution is -0.341. The molecule has 1 heterocycles. The molecule has 162 valence electrons. The lowest BCUT2D eigenvalue weighted by atomic mass is 9.68. The van der Waals surface area contributed by atoms with Crippen molar-refractivity contribution in [2.45, 2.75) is 37.2 Å². The van der Waals surface area contributed by atoms with Crippen LogP contribution in [0.4, 0.5) is 22.0 Å². The summed E-state index contributed by atoms with van der Waals surface area (Å²) in [6.45, 7) is 0. The molecule has 0 fully saturated rings. The molecule has 2 aliphatic rings. The van der Waals surface area contributed by atoms with Crippen LogP contribution in [-0.4, -0.2) is 23.6 Å². The first-order valence-corrected chi connectivity index (χ1v) is 9.69. The van der Waals surface area contributed by atoms with Crippen LogP contribution in [0, 0.1) is 11.7 Å². The van der Waals surface area contributed by atoms with E-state index < -0.39 is 41.3 Å². The molecule has 1 aliphatic carbocycles. The molecule has 0 radical (unpaired) electrons. The van der Waals surface area contributed by atoms with Gasteiger partial charge in [-0.05, 0) is 36.2 Å². The Morgan fingerprint density at radius 3 is 2.26 bits per heavy atom. The quantitative estimate of drug-likeness (QED) is 0.460. The molecular formula is C23H17F5O3.